The van der Waals surface area contributed by atoms with Crippen LogP contribution in [0, 0.1) is 0 Å². The molecule has 9 heteroatoms. The number of thiazole rings is 1. The molecule has 0 atom stereocenters. The quantitative estimate of drug-likeness (QED) is 0.849. The Morgan fingerprint density at radius 2 is 1.81 bits per heavy atom. The second-order valence-corrected chi connectivity index (χ2v) is 3.72. The van der Waals surface area contributed by atoms with Gasteiger partial charge in [-0.3, -0.25) is 0 Å². The Kier molecular flexibility index (Phi) is 3.79. The normalized spacial score (nSPS) is 13.1. The Morgan fingerprint density at radius 3 is 2.25 bits per heavy atom. The standard InChI is InChI=1S/C7H6F6N2S/c8-6(9,10)3-14-1-4-2-16-5(15-4)7(11,12)13/h2,14H,1,3H2. The van der Waals surface area contributed by atoms with E-state index < -0.39 is 23.9 Å². The summed E-state index contributed by atoms with van der Waals surface area (Å²) < 4.78 is 71.3. The summed E-state index contributed by atoms with van der Waals surface area (Å²) in [6.07, 6.45) is -8.93. The molecule has 0 spiro atoms. The third-order valence-corrected chi connectivity index (χ3v) is 2.36. The van der Waals surface area contributed by atoms with E-state index in [9.17, 15) is 26.3 Å². The van der Waals surface area contributed by atoms with E-state index in [4.69, 9.17) is 0 Å². The van der Waals surface area contributed by atoms with Crippen LogP contribution < -0.4 is 5.32 Å². The maximum atomic E-state index is 12.1. The predicted octanol–water partition coefficient (Wildman–Crippen LogP) is 2.81. The van der Waals surface area contributed by atoms with Gasteiger partial charge in [-0.25, -0.2) is 4.98 Å². The van der Waals surface area contributed by atoms with E-state index in [0.717, 1.165) is 5.38 Å². The van der Waals surface area contributed by atoms with E-state index in [2.05, 4.69) is 4.98 Å². The average molecular weight is 264 g/mol. The maximum absolute atomic E-state index is 12.1. The summed E-state index contributed by atoms with van der Waals surface area (Å²) in [5, 5.41) is 1.97. The first kappa shape index (κ1) is 13.2. The zero-order chi connectivity index (χ0) is 12.4. The third-order valence-electron chi connectivity index (χ3n) is 1.43. The van der Waals surface area contributed by atoms with Crippen LogP contribution in [-0.4, -0.2) is 17.7 Å². The summed E-state index contributed by atoms with van der Waals surface area (Å²) in [6.45, 7) is -1.60. The SMILES string of the molecule is FC(F)(F)CNCc1csc(C(F)(F)F)n1. The first-order valence-electron chi connectivity index (χ1n) is 3.97. The summed E-state index contributed by atoms with van der Waals surface area (Å²) in [4.78, 5) is 3.16. The van der Waals surface area contributed by atoms with Gasteiger partial charge in [0.25, 0.3) is 0 Å². The molecule has 0 aliphatic carbocycles. The summed E-state index contributed by atoms with van der Waals surface area (Å²) in [7, 11) is 0. The summed E-state index contributed by atoms with van der Waals surface area (Å²) >= 11 is 0.357. The van der Waals surface area contributed by atoms with Crippen molar-refractivity contribution in [3.05, 3.63) is 16.1 Å². The molecule has 1 aromatic rings. The fraction of sp³-hybridized carbons (Fsp3) is 0.571. The lowest BCUT2D eigenvalue weighted by Gasteiger charge is -2.06. The van der Waals surface area contributed by atoms with Gasteiger partial charge >= 0.3 is 12.4 Å². The monoisotopic (exact) mass is 264 g/mol. The Balaban J connectivity index is 2.48. The van der Waals surface area contributed by atoms with E-state index in [-0.39, 0.29) is 12.2 Å². The van der Waals surface area contributed by atoms with Crippen molar-refractivity contribution in [1.29, 1.82) is 0 Å². The Labute approximate surface area is 90.3 Å². The van der Waals surface area contributed by atoms with Gasteiger partial charge in [0.05, 0.1) is 12.2 Å². The van der Waals surface area contributed by atoms with Gasteiger partial charge in [-0.1, -0.05) is 0 Å². The minimum atomic E-state index is -4.55. The third kappa shape index (κ3) is 4.35. The number of nitrogens with zero attached hydrogens (tertiary/aromatic N) is 1. The van der Waals surface area contributed by atoms with Crippen molar-refractivity contribution < 1.29 is 26.3 Å². The largest absolute Gasteiger partial charge is 0.443 e. The van der Waals surface area contributed by atoms with Crippen molar-refractivity contribution in [2.45, 2.75) is 18.9 Å². The first-order chi connectivity index (χ1) is 7.18. The average Bonchev–Trinajstić information content (AvgIpc) is 2.49. The van der Waals surface area contributed by atoms with Crippen LogP contribution in [0.1, 0.15) is 10.7 Å². The van der Waals surface area contributed by atoms with Crippen molar-refractivity contribution >= 4 is 11.3 Å². The van der Waals surface area contributed by atoms with Crippen molar-refractivity contribution in [2.75, 3.05) is 6.54 Å². The number of hydrogen-bond donors (Lipinski definition) is 1. The van der Waals surface area contributed by atoms with Gasteiger partial charge in [0.1, 0.15) is 0 Å². The molecule has 1 rings (SSSR count). The number of aromatic nitrogens is 1. The lowest BCUT2D eigenvalue weighted by Crippen LogP contribution is -2.28. The van der Waals surface area contributed by atoms with E-state index >= 15 is 0 Å². The molecule has 0 unspecified atom stereocenters. The van der Waals surface area contributed by atoms with Gasteiger partial charge in [-0.2, -0.15) is 26.3 Å². The molecule has 0 saturated heterocycles. The molecule has 0 aromatic carbocycles. The summed E-state index contributed by atoms with van der Waals surface area (Å²) in [5.41, 5.74) is -0.0541. The molecule has 1 aromatic heterocycles. The lowest BCUT2D eigenvalue weighted by molar-refractivity contribution is -0.137. The van der Waals surface area contributed by atoms with E-state index in [1.165, 1.54) is 0 Å². The molecule has 2 nitrogen and oxygen atoms in total. The number of hydrogen-bond acceptors (Lipinski definition) is 3. The number of nitrogens with one attached hydrogen (secondary N) is 1. The van der Waals surface area contributed by atoms with Crippen LogP contribution in [0.5, 0.6) is 0 Å². The Bertz CT molecular complexity index is 341. The van der Waals surface area contributed by atoms with Crippen LogP contribution in [-0.2, 0) is 12.7 Å². The van der Waals surface area contributed by atoms with Crippen molar-refractivity contribution in [3.8, 4) is 0 Å². The van der Waals surface area contributed by atoms with Crippen molar-refractivity contribution in [1.82, 2.24) is 10.3 Å². The first-order valence-corrected chi connectivity index (χ1v) is 4.85. The van der Waals surface area contributed by atoms with Crippen LogP contribution in [0.15, 0.2) is 5.38 Å². The highest BCUT2D eigenvalue weighted by Crippen LogP contribution is 2.31. The van der Waals surface area contributed by atoms with Crippen molar-refractivity contribution in [2.24, 2.45) is 0 Å². The van der Waals surface area contributed by atoms with E-state index in [0.29, 0.717) is 11.3 Å². The van der Waals surface area contributed by atoms with Crippen molar-refractivity contribution in [3.63, 3.8) is 0 Å². The fourth-order valence-corrected chi connectivity index (χ4v) is 1.54. The molecule has 1 N–H and O–H groups in total. The topological polar surface area (TPSA) is 24.9 Å². The predicted molar refractivity (Wildman–Crippen MR) is 44.9 cm³/mol. The molecule has 1 heterocycles. The van der Waals surface area contributed by atoms with Gasteiger partial charge in [0.2, 0.25) is 0 Å². The molecular weight excluding hydrogens is 258 g/mol. The highest BCUT2D eigenvalue weighted by Gasteiger charge is 2.34. The van der Waals surface area contributed by atoms with Gasteiger partial charge < -0.3 is 5.32 Å². The molecule has 0 aliphatic rings. The summed E-state index contributed by atoms with van der Waals surface area (Å²) in [6, 6.07) is 0. The minimum absolute atomic E-state index is 0.0541. The van der Waals surface area contributed by atoms with Crippen LogP contribution >= 0.6 is 11.3 Å². The molecule has 16 heavy (non-hydrogen) atoms. The molecule has 0 saturated carbocycles. The van der Waals surface area contributed by atoms with Gasteiger partial charge in [-0.15, -0.1) is 11.3 Å². The zero-order valence-corrected chi connectivity index (χ0v) is 8.43. The molecule has 0 aliphatic heterocycles. The van der Waals surface area contributed by atoms with E-state index in [1.807, 2.05) is 5.32 Å². The molecule has 0 fully saturated rings. The zero-order valence-electron chi connectivity index (χ0n) is 7.61. The molecule has 0 radical (unpaired) electrons. The second-order valence-electron chi connectivity index (χ2n) is 2.86. The Morgan fingerprint density at radius 1 is 1.19 bits per heavy atom. The fourth-order valence-electron chi connectivity index (χ4n) is 0.851. The van der Waals surface area contributed by atoms with Gasteiger partial charge in [0.15, 0.2) is 5.01 Å². The smallest absolute Gasteiger partial charge is 0.303 e. The minimum Gasteiger partial charge on any atom is -0.303 e. The molecule has 0 bridgehead atoms. The Hall–Kier alpha value is -0.830. The summed E-state index contributed by atoms with van der Waals surface area (Å²) in [5.74, 6) is 0. The highest BCUT2D eigenvalue weighted by atomic mass is 32.1. The number of alkyl halides is 6. The van der Waals surface area contributed by atoms with Gasteiger partial charge in [-0.05, 0) is 0 Å². The molecule has 0 amide bonds. The second kappa shape index (κ2) is 4.58. The van der Waals surface area contributed by atoms with Crippen LogP contribution in [0.4, 0.5) is 26.3 Å². The van der Waals surface area contributed by atoms with Gasteiger partial charge in [0, 0.05) is 11.9 Å². The lowest BCUT2D eigenvalue weighted by atomic mass is 10.4. The molecular formula is C7H6F6N2S. The maximum Gasteiger partial charge on any atom is 0.443 e. The number of halogens is 6. The van der Waals surface area contributed by atoms with Crippen LogP contribution in [0.25, 0.3) is 0 Å². The van der Waals surface area contributed by atoms with Crippen LogP contribution in [0.2, 0.25) is 0 Å². The highest BCUT2D eigenvalue weighted by molar-refractivity contribution is 7.09. The molecule has 92 valence electrons. The van der Waals surface area contributed by atoms with E-state index in [1.54, 1.807) is 0 Å². The van der Waals surface area contributed by atoms with Crippen LogP contribution in [0.3, 0.4) is 0 Å². The number of rotatable bonds is 3.